The molecule has 3 heteroatoms. The molecule has 1 aromatic rings. The molecule has 3 nitrogen and oxygen atoms in total. The Labute approximate surface area is 136 Å². The highest BCUT2D eigenvalue weighted by atomic mass is 16.5. The number of ketones is 2. The number of carbonyl (C=O) groups excluding carboxylic acids is 2. The van der Waals surface area contributed by atoms with E-state index in [0.717, 1.165) is 19.3 Å². The van der Waals surface area contributed by atoms with Crippen molar-refractivity contribution in [3.05, 3.63) is 41.5 Å². The molecule has 23 heavy (non-hydrogen) atoms. The summed E-state index contributed by atoms with van der Waals surface area (Å²) in [4.78, 5) is 26.2. The first kappa shape index (κ1) is 14.7. The van der Waals surface area contributed by atoms with Crippen LogP contribution >= 0.6 is 0 Å². The Hall–Kier alpha value is -1.90. The van der Waals surface area contributed by atoms with Gasteiger partial charge in [-0.15, -0.1) is 0 Å². The van der Waals surface area contributed by atoms with Gasteiger partial charge in [-0.05, 0) is 30.2 Å². The van der Waals surface area contributed by atoms with E-state index in [4.69, 9.17) is 4.74 Å². The van der Waals surface area contributed by atoms with Gasteiger partial charge < -0.3 is 4.74 Å². The Bertz CT molecular complexity index is 718. The van der Waals surface area contributed by atoms with Crippen molar-refractivity contribution in [3.8, 4) is 5.75 Å². The molecular formula is C20H22O3. The van der Waals surface area contributed by atoms with Crippen molar-refractivity contribution < 1.29 is 14.3 Å². The number of carbonyl (C=O) groups is 2. The lowest BCUT2D eigenvalue weighted by Gasteiger charge is -2.36. The van der Waals surface area contributed by atoms with Crippen molar-refractivity contribution in [2.24, 2.45) is 23.2 Å². The van der Waals surface area contributed by atoms with Crippen LogP contribution in [0.5, 0.6) is 5.75 Å². The highest BCUT2D eigenvalue weighted by Crippen LogP contribution is 2.60. The summed E-state index contributed by atoms with van der Waals surface area (Å²) < 4.78 is 5.83. The molecule has 0 saturated heterocycles. The maximum Gasteiger partial charge on any atom is 0.171 e. The van der Waals surface area contributed by atoms with Crippen LogP contribution in [0.15, 0.2) is 30.4 Å². The van der Waals surface area contributed by atoms with Gasteiger partial charge in [0, 0.05) is 17.4 Å². The monoisotopic (exact) mass is 310 g/mol. The van der Waals surface area contributed by atoms with Crippen LogP contribution in [-0.2, 0) is 0 Å². The molecule has 120 valence electrons. The molecule has 0 heterocycles. The van der Waals surface area contributed by atoms with E-state index in [1.165, 1.54) is 0 Å². The smallest absolute Gasteiger partial charge is 0.171 e. The Balaban J connectivity index is 1.77. The minimum absolute atomic E-state index is 0.106. The van der Waals surface area contributed by atoms with Crippen LogP contribution in [-0.4, -0.2) is 18.2 Å². The first-order valence-corrected chi connectivity index (χ1v) is 8.60. The highest BCUT2D eigenvalue weighted by molar-refractivity contribution is 6.18. The second-order valence-electron chi connectivity index (χ2n) is 7.35. The highest BCUT2D eigenvalue weighted by Gasteiger charge is 2.60. The summed E-state index contributed by atoms with van der Waals surface area (Å²) in [5.74, 6) is 0.641. The minimum atomic E-state index is -0.194. The lowest BCUT2D eigenvalue weighted by atomic mass is 9.65. The lowest BCUT2D eigenvalue weighted by molar-refractivity contribution is 0.0672. The summed E-state index contributed by atoms with van der Waals surface area (Å²) in [7, 11) is 0. The van der Waals surface area contributed by atoms with Crippen LogP contribution in [0.1, 0.15) is 53.8 Å². The van der Waals surface area contributed by atoms with Crippen molar-refractivity contribution >= 4 is 11.6 Å². The fourth-order valence-corrected chi connectivity index (χ4v) is 4.70. The van der Waals surface area contributed by atoms with E-state index >= 15 is 0 Å². The molecule has 4 rings (SSSR count). The quantitative estimate of drug-likeness (QED) is 0.622. The van der Waals surface area contributed by atoms with Crippen molar-refractivity contribution in [2.45, 2.75) is 33.1 Å². The van der Waals surface area contributed by atoms with Crippen molar-refractivity contribution in [3.63, 3.8) is 0 Å². The second kappa shape index (κ2) is 5.05. The normalized spacial score (nSPS) is 33.7. The molecule has 3 aliphatic rings. The number of unbranched alkanes of at least 4 members (excludes halogenated alkanes) is 1. The number of rotatable bonds is 4. The molecule has 2 bridgehead atoms. The molecule has 0 spiro atoms. The molecule has 1 fully saturated rings. The minimum Gasteiger partial charge on any atom is -0.493 e. The predicted octanol–water partition coefficient (Wildman–Crippen LogP) is 4.07. The number of ether oxygens (including phenoxy) is 1. The van der Waals surface area contributed by atoms with Crippen molar-refractivity contribution in [1.29, 1.82) is 0 Å². The zero-order valence-electron chi connectivity index (χ0n) is 13.7. The summed E-state index contributed by atoms with van der Waals surface area (Å²) in [6, 6.07) is 5.44. The average molecular weight is 310 g/mol. The Morgan fingerprint density at radius 3 is 2.87 bits per heavy atom. The number of fused-ring (bicyclic) bond motifs is 6. The number of Topliss-reactive ketones (excluding diaryl/α,β-unsaturated/α-hetero) is 2. The fourth-order valence-electron chi connectivity index (χ4n) is 4.70. The van der Waals surface area contributed by atoms with Gasteiger partial charge in [-0.2, -0.15) is 0 Å². The standard InChI is InChI=1S/C20H22O3/c1-3-4-10-23-14-7-5-6-13-16(14)19(22)15-12-8-9-20(2,11-12)17(15)18(13)21/h5-9,12,15,17H,3-4,10-11H2,1-2H3. The Kier molecular flexibility index (Phi) is 3.22. The largest absolute Gasteiger partial charge is 0.493 e. The second-order valence-corrected chi connectivity index (χ2v) is 7.35. The van der Waals surface area contributed by atoms with Crippen LogP contribution in [0.2, 0.25) is 0 Å². The molecule has 0 aromatic heterocycles. The first-order chi connectivity index (χ1) is 11.1. The zero-order chi connectivity index (χ0) is 16.2. The van der Waals surface area contributed by atoms with E-state index in [2.05, 4.69) is 26.0 Å². The maximum absolute atomic E-state index is 13.2. The fraction of sp³-hybridized carbons (Fsp3) is 0.500. The molecule has 1 saturated carbocycles. The summed E-state index contributed by atoms with van der Waals surface area (Å²) in [5.41, 5.74) is 0.936. The van der Waals surface area contributed by atoms with E-state index in [1.807, 2.05) is 12.1 Å². The molecule has 0 amide bonds. The maximum atomic E-state index is 13.2. The molecule has 4 unspecified atom stereocenters. The van der Waals surface area contributed by atoms with Gasteiger partial charge in [0.05, 0.1) is 12.2 Å². The summed E-state index contributed by atoms with van der Waals surface area (Å²) in [5, 5.41) is 0. The van der Waals surface area contributed by atoms with Gasteiger partial charge in [0.1, 0.15) is 5.75 Å². The number of allylic oxidation sites excluding steroid dienone is 2. The molecule has 0 aliphatic heterocycles. The van der Waals surface area contributed by atoms with Crippen molar-refractivity contribution in [2.75, 3.05) is 6.61 Å². The van der Waals surface area contributed by atoms with Crippen LogP contribution in [0.25, 0.3) is 0 Å². The first-order valence-electron chi connectivity index (χ1n) is 8.60. The summed E-state index contributed by atoms with van der Waals surface area (Å²) in [6.45, 7) is 4.81. The Morgan fingerprint density at radius 1 is 1.26 bits per heavy atom. The molecule has 4 atom stereocenters. The molecular weight excluding hydrogens is 288 g/mol. The van der Waals surface area contributed by atoms with E-state index in [0.29, 0.717) is 23.5 Å². The topological polar surface area (TPSA) is 43.4 Å². The number of benzene rings is 1. The van der Waals surface area contributed by atoms with Gasteiger partial charge >= 0.3 is 0 Å². The van der Waals surface area contributed by atoms with Gasteiger partial charge in [0.2, 0.25) is 0 Å². The van der Waals surface area contributed by atoms with Crippen LogP contribution in [0, 0.1) is 23.2 Å². The van der Waals surface area contributed by atoms with Gasteiger partial charge in [-0.3, -0.25) is 9.59 Å². The molecule has 0 N–H and O–H groups in total. The van der Waals surface area contributed by atoms with E-state index in [1.54, 1.807) is 6.07 Å². The number of hydrogen-bond acceptors (Lipinski definition) is 3. The van der Waals surface area contributed by atoms with Crippen LogP contribution < -0.4 is 4.74 Å². The third-order valence-corrected chi connectivity index (χ3v) is 5.81. The number of hydrogen-bond donors (Lipinski definition) is 0. The van der Waals surface area contributed by atoms with E-state index < -0.39 is 0 Å². The zero-order valence-corrected chi connectivity index (χ0v) is 13.7. The van der Waals surface area contributed by atoms with Gasteiger partial charge in [-0.1, -0.05) is 44.6 Å². The summed E-state index contributed by atoms with van der Waals surface area (Å²) in [6.07, 6.45) is 7.19. The molecule has 1 aromatic carbocycles. The summed E-state index contributed by atoms with van der Waals surface area (Å²) >= 11 is 0. The average Bonchev–Trinajstić information content (AvgIpc) is 3.06. The third kappa shape index (κ3) is 1.95. The molecule has 0 radical (unpaired) electrons. The van der Waals surface area contributed by atoms with E-state index in [9.17, 15) is 9.59 Å². The Morgan fingerprint density at radius 2 is 2.09 bits per heavy atom. The lowest BCUT2D eigenvalue weighted by Crippen LogP contribution is -2.42. The van der Waals surface area contributed by atoms with Crippen LogP contribution in [0.3, 0.4) is 0 Å². The van der Waals surface area contributed by atoms with Crippen LogP contribution in [0.4, 0.5) is 0 Å². The van der Waals surface area contributed by atoms with E-state index in [-0.39, 0.29) is 34.7 Å². The third-order valence-electron chi connectivity index (χ3n) is 5.81. The predicted molar refractivity (Wildman–Crippen MR) is 87.8 cm³/mol. The molecule has 3 aliphatic carbocycles. The van der Waals surface area contributed by atoms with Crippen molar-refractivity contribution in [1.82, 2.24) is 0 Å². The van der Waals surface area contributed by atoms with Gasteiger partial charge in [0.15, 0.2) is 11.6 Å². The van der Waals surface area contributed by atoms with Gasteiger partial charge in [0.25, 0.3) is 0 Å². The SMILES string of the molecule is CCCCOc1cccc2c1C(=O)C1C3C=CC(C)(C3)C1C2=O. The van der Waals surface area contributed by atoms with Gasteiger partial charge in [-0.25, -0.2) is 0 Å².